The second kappa shape index (κ2) is 5.31. The van der Waals surface area contributed by atoms with E-state index in [2.05, 4.69) is 24.3 Å². The molecule has 0 spiro atoms. The maximum Gasteiger partial charge on any atom is 0.236 e. The van der Waals surface area contributed by atoms with Gasteiger partial charge in [0.15, 0.2) is 0 Å². The van der Waals surface area contributed by atoms with Crippen LogP contribution in [0.5, 0.6) is 0 Å². The number of hydrogen-bond donors (Lipinski definition) is 1. The molecule has 1 aliphatic rings. The summed E-state index contributed by atoms with van der Waals surface area (Å²) in [5.41, 5.74) is 0. The Hall–Kier alpha value is -1.36. The van der Waals surface area contributed by atoms with E-state index in [4.69, 9.17) is 0 Å². The first kappa shape index (κ1) is 12.1. The number of amides is 1. The van der Waals surface area contributed by atoms with E-state index in [0.717, 1.165) is 19.5 Å². The third kappa shape index (κ3) is 2.85. The molecule has 1 aliphatic heterocycles. The third-order valence-corrected chi connectivity index (χ3v) is 3.45. The van der Waals surface area contributed by atoms with Gasteiger partial charge in [-0.25, -0.2) is 0 Å². The van der Waals surface area contributed by atoms with Gasteiger partial charge in [-0.3, -0.25) is 9.48 Å². The van der Waals surface area contributed by atoms with Crippen molar-refractivity contribution in [1.82, 2.24) is 20.0 Å². The lowest BCUT2D eigenvalue weighted by Gasteiger charge is -2.32. The molecule has 0 aromatic carbocycles. The molecule has 1 fully saturated rings. The maximum absolute atomic E-state index is 11.7. The van der Waals surface area contributed by atoms with Crippen molar-refractivity contribution in [3.05, 3.63) is 18.5 Å². The van der Waals surface area contributed by atoms with Crippen LogP contribution in [0.15, 0.2) is 18.5 Å². The molecular formula is C12H20N4O. The van der Waals surface area contributed by atoms with Crippen LogP contribution in [-0.4, -0.2) is 46.3 Å². The van der Waals surface area contributed by atoms with Crippen molar-refractivity contribution >= 4 is 5.91 Å². The topological polar surface area (TPSA) is 50.2 Å². The molecule has 1 N–H and O–H groups in total. The first-order chi connectivity index (χ1) is 8.18. The van der Waals surface area contributed by atoms with Crippen molar-refractivity contribution < 1.29 is 4.79 Å². The molecule has 5 nitrogen and oxygen atoms in total. The molecule has 94 valence electrons. The molecular weight excluding hydrogens is 216 g/mol. The van der Waals surface area contributed by atoms with Crippen molar-refractivity contribution in [2.45, 2.75) is 32.4 Å². The highest BCUT2D eigenvalue weighted by Crippen LogP contribution is 2.09. The predicted octanol–water partition coefficient (Wildman–Crippen LogP) is 0.654. The maximum atomic E-state index is 11.7. The van der Waals surface area contributed by atoms with Gasteiger partial charge in [0.2, 0.25) is 5.91 Å². The minimum absolute atomic E-state index is 0.204. The van der Waals surface area contributed by atoms with Gasteiger partial charge >= 0.3 is 0 Å². The minimum atomic E-state index is 0.204. The number of hydrogen-bond acceptors (Lipinski definition) is 3. The smallest absolute Gasteiger partial charge is 0.236 e. The molecule has 0 radical (unpaired) electrons. The number of carbonyl (C=O) groups is 1. The van der Waals surface area contributed by atoms with Crippen LogP contribution in [0.1, 0.15) is 26.3 Å². The highest BCUT2D eigenvalue weighted by atomic mass is 16.2. The summed E-state index contributed by atoms with van der Waals surface area (Å²) in [5, 5.41) is 7.48. The fraction of sp³-hybridized carbons (Fsp3) is 0.667. The van der Waals surface area contributed by atoms with Crippen LogP contribution in [0.2, 0.25) is 0 Å². The van der Waals surface area contributed by atoms with E-state index >= 15 is 0 Å². The Bertz CT molecular complexity index is 359. The van der Waals surface area contributed by atoms with Crippen LogP contribution < -0.4 is 5.32 Å². The summed E-state index contributed by atoms with van der Waals surface area (Å²) < 4.78 is 1.91. The van der Waals surface area contributed by atoms with Gasteiger partial charge in [-0.05, 0) is 26.3 Å². The molecule has 0 unspecified atom stereocenters. The van der Waals surface area contributed by atoms with Gasteiger partial charge in [0.25, 0.3) is 0 Å². The van der Waals surface area contributed by atoms with Crippen LogP contribution in [0.25, 0.3) is 0 Å². The van der Waals surface area contributed by atoms with Gasteiger partial charge in [-0.15, -0.1) is 0 Å². The number of nitrogens with one attached hydrogen (secondary N) is 1. The normalized spacial score (nSPS) is 18.6. The fourth-order valence-electron chi connectivity index (χ4n) is 1.85. The summed E-state index contributed by atoms with van der Waals surface area (Å²) in [6.07, 6.45) is 4.86. The van der Waals surface area contributed by atoms with Crippen molar-refractivity contribution in [2.75, 3.05) is 19.6 Å². The number of carbonyl (C=O) groups excluding carboxylic acids is 1. The van der Waals surface area contributed by atoms with Gasteiger partial charge < -0.3 is 10.2 Å². The molecule has 5 heteroatoms. The van der Waals surface area contributed by atoms with E-state index < -0.39 is 0 Å². The predicted molar refractivity (Wildman–Crippen MR) is 65.6 cm³/mol. The van der Waals surface area contributed by atoms with Crippen molar-refractivity contribution in [3.63, 3.8) is 0 Å². The molecule has 2 rings (SSSR count). The summed E-state index contributed by atoms with van der Waals surface area (Å²) in [7, 11) is 0. The zero-order valence-electron chi connectivity index (χ0n) is 10.5. The van der Waals surface area contributed by atoms with E-state index in [1.807, 2.05) is 21.8 Å². The van der Waals surface area contributed by atoms with Gasteiger partial charge in [-0.2, -0.15) is 5.10 Å². The Kier molecular flexibility index (Phi) is 3.78. The zero-order valence-corrected chi connectivity index (χ0v) is 10.5. The average Bonchev–Trinajstić information content (AvgIpc) is 2.75. The van der Waals surface area contributed by atoms with Crippen LogP contribution in [0.3, 0.4) is 0 Å². The summed E-state index contributed by atoms with van der Waals surface area (Å²) in [6.45, 7) is 6.44. The Balaban J connectivity index is 1.76. The highest BCUT2D eigenvalue weighted by Gasteiger charge is 2.21. The Morgan fingerprint density at radius 2 is 2.24 bits per heavy atom. The summed E-state index contributed by atoms with van der Waals surface area (Å²) in [6, 6.07) is 2.38. The monoisotopic (exact) mass is 236 g/mol. The molecule has 2 atom stereocenters. The largest absolute Gasteiger partial charge is 0.341 e. The number of rotatable bonds is 5. The van der Waals surface area contributed by atoms with Crippen LogP contribution in [-0.2, 0) is 4.79 Å². The van der Waals surface area contributed by atoms with E-state index in [-0.39, 0.29) is 18.0 Å². The third-order valence-electron chi connectivity index (χ3n) is 3.45. The van der Waals surface area contributed by atoms with Gasteiger partial charge in [0.1, 0.15) is 0 Å². The van der Waals surface area contributed by atoms with Crippen LogP contribution in [0.4, 0.5) is 0 Å². The van der Waals surface area contributed by atoms with E-state index in [9.17, 15) is 4.79 Å². The summed E-state index contributed by atoms with van der Waals surface area (Å²) in [4.78, 5) is 13.6. The number of likely N-dealkylation sites (tertiary alicyclic amines) is 1. The Morgan fingerprint density at radius 1 is 1.47 bits per heavy atom. The quantitative estimate of drug-likeness (QED) is 0.817. The Morgan fingerprint density at radius 3 is 2.76 bits per heavy atom. The van der Waals surface area contributed by atoms with E-state index in [1.54, 1.807) is 6.20 Å². The summed E-state index contributed by atoms with van der Waals surface area (Å²) in [5.74, 6) is 0.204. The van der Waals surface area contributed by atoms with Crippen molar-refractivity contribution in [2.24, 2.45) is 0 Å². The van der Waals surface area contributed by atoms with Gasteiger partial charge in [-0.1, -0.05) is 0 Å². The molecule has 1 saturated heterocycles. The molecule has 0 bridgehead atoms. The Labute approximate surface area is 102 Å². The van der Waals surface area contributed by atoms with Gasteiger partial charge in [0.05, 0.1) is 12.6 Å². The van der Waals surface area contributed by atoms with Crippen molar-refractivity contribution in [3.8, 4) is 0 Å². The lowest BCUT2D eigenvalue weighted by Crippen LogP contribution is -2.48. The average molecular weight is 236 g/mol. The fourth-order valence-corrected chi connectivity index (χ4v) is 1.85. The lowest BCUT2D eigenvalue weighted by atomic mass is 10.1. The van der Waals surface area contributed by atoms with Crippen molar-refractivity contribution in [1.29, 1.82) is 0 Å². The second-order valence-electron chi connectivity index (χ2n) is 4.63. The zero-order chi connectivity index (χ0) is 12.3. The molecule has 1 amide bonds. The highest BCUT2D eigenvalue weighted by molar-refractivity contribution is 5.78. The van der Waals surface area contributed by atoms with E-state index in [0.29, 0.717) is 6.54 Å². The number of nitrogens with zero attached hydrogens (tertiary/aromatic N) is 3. The molecule has 0 aliphatic carbocycles. The minimum Gasteiger partial charge on any atom is -0.341 e. The standard InChI is InChI=1S/C12H20N4O/c1-10(11(2)16-8-3-5-14-16)13-9-12(17)15-6-4-7-15/h3,5,8,10-11,13H,4,6-7,9H2,1-2H3/t10-,11+/m0/s1. The first-order valence-electron chi connectivity index (χ1n) is 6.19. The molecule has 17 heavy (non-hydrogen) atoms. The first-order valence-corrected chi connectivity index (χ1v) is 6.19. The molecule has 1 aromatic rings. The van der Waals surface area contributed by atoms with Crippen LogP contribution >= 0.6 is 0 Å². The second-order valence-corrected chi connectivity index (χ2v) is 4.63. The lowest BCUT2D eigenvalue weighted by molar-refractivity contribution is -0.133. The number of aromatic nitrogens is 2. The molecule has 0 saturated carbocycles. The molecule has 1 aromatic heterocycles. The van der Waals surface area contributed by atoms with Crippen LogP contribution in [0, 0.1) is 0 Å². The van der Waals surface area contributed by atoms with E-state index in [1.165, 1.54) is 0 Å². The SMILES string of the molecule is C[C@H](NCC(=O)N1CCC1)[C@@H](C)n1cccn1. The summed E-state index contributed by atoms with van der Waals surface area (Å²) >= 11 is 0. The van der Waals surface area contributed by atoms with Gasteiger partial charge in [0, 0.05) is 31.5 Å². The molecule has 2 heterocycles.